The van der Waals surface area contributed by atoms with E-state index in [1.165, 1.54) is 0 Å². The highest BCUT2D eigenvalue weighted by Gasteiger charge is 2.09. The fraction of sp³-hybridized carbons (Fsp3) is 0.500. The molecule has 0 aliphatic carbocycles. The van der Waals surface area contributed by atoms with Crippen LogP contribution in [0.4, 0.5) is 5.69 Å². The quantitative estimate of drug-likeness (QED) is 0.671. The Morgan fingerprint density at radius 3 is 2.79 bits per heavy atom. The predicted molar refractivity (Wildman–Crippen MR) is 73.9 cm³/mol. The maximum Gasteiger partial charge on any atom is 0.337 e. The molecule has 1 aromatic carbocycles. The maximum absolute atomic E-state index is 11.1. The molecule has 106 valence electrons. The first-order chi connectivity index (χ1) is 9.15. The van der Waals surface area contributed by atoms with Crippen LogP contribution in [0.5, 0.6) is 0 Å². The Morgan fingerprint density at radius 2 is 2.11 bits per heavy atom. The summed E-state index contributed by atoms with van der Waals surface area (Å²) in [5.74, 6) is -0.914. The number of hydrogen-bond donors (Lipinski definition) is 2. The van der Waals surface area contributed by atoms with Crippen molar-refractivity contribution in [2.24, 2.45) is 0 Å². The second-order valence-corrected chi connectivity index (χ2v) is 4.24. The molecule has 0 fully saturated rings. The Hall–Kier alpha value is -1.59. The molecule has 1 rings (SSSR count). The highest BCUT2D eigenvalue weighted by atomic mass is 16.5. The van der Waals surface area contributed by atoms with Gasteiger partial charge in [0.2, 0.25) is 0 Å². The Labute approximate surface area is 113 Å². The zero-order chi connectivity index (χ0) is 14.1. The molecule has 0 spiro atoms. The van der Waals surface area contributed by atoms with Gasteiger partial charge in [-0.25, -0.2) is 4.79 Å². The number of carboxylic acid groups (broad SMARTS) is 1. The molecule has 0 unspecified atom stereocenters. The van der Waals surface area contributed by atoms with Crippen LogP contribution < -0.4 is 5.32 Å². The van der Waals surface area contributed by atoms with Crippen molar-refractivity contribution in [2.75, 3.05) is 38.8 Å². The number of benzene rings is 1. The molecule has 5 heteroatoms. The van der Waals surface area contributed by atoms with E-state index in [0.717, 1.165) is 12.0 Å². The van der Waals surface area contributed by atoms with E-state index in [1.807, 2.05) is 13.0 Å². The molecule has 0 aromatic heterocycles. The lowest BCUT2D eigenvalue weighted by atomic mass is 10.1. The molecule has 1 aromatic rings. The van der Waals surface area contributed by atoms with E-state index in [9.17, 15) is 4.79 Å². The molecule has 0 aliphatic rings. The molecule has 5 nitrogen and oxygen atoms in total. The lowest BCUT2D eigenvalue weighted by molar-refractivity contribution is 0.0697. The summed E-state index contributed by atoms with van der Waals surface area (Å²) < 4.78 is 10.2. The van der Waals surface area contributed by atoms with Crippen molar-refractivity contribution in [3.63, 3.8) is 0 Å². The summed E-state index contributed by atoms with van der Waals surface area (Å²) in [6, 6.07) is 5.36. The molecule has 19 heavy (non-hydrogen) atoms. The Morgan fingerprint density at radius 1 is 1.32 bits per heavy atom. The predicted octanol–water partition coefficient (Wildman–Crippen LogP) is 2.16. The number of rotatable bonds is 9. The molecule has 0 heterocycles. The lowest BCUT2D eigenvalue weighted by Gasteiger charge is -2.10. The van der Waals surface area contributed by atoms with E-state index in [1.54, 1.807) is 19.2 Å². The van der Waals surface area contributed by atoms with Crippen LogP contribution in [0.2, 0.25) is 0 Å². The van der Waals surface area contributed by atoms with Crippen LogP contribution >= 0.6 is 0 Å². The van der Waals surface area contributed by atoms with E-state index < -0.39 is 5.97 Å². The van der Waals surface area contributed by atoms with E-state index in [-0.39, 0.29) is 0 Å². The van der Waals surface area contributed by atoms with E-state index in [2.05, 4.69) is 5.32 Å². The smallest absolute Gasteiger partial charge is 0.337 e. The highest BCUT2D eigenvalue weighted by Crippen LogP contribution is 2.17. The minimum atomic E-state index is -0.914. The minimum absolute atomic E-state index is 0.306. The van der Waals surface area contributed by atoms with Gasteiger partial charge in [0.15, 0.2) is 0 Å². The van der Waals surface area contributed by atoms with Crippen molar-refractivity contribution in [3.05, 3.63) is 29.3 Å². The highest BCUT2D eigenvalue weighted by molar-refractivity contribution is 5.94. The topological polar surface area (TPSA) is 67.8 Å². The van der Waals surface area contributed by atoms with Crippen LogP contribution in [0.15, 0.2) is 18.2 Å². The van der Waals surface area contributed by atoms with Crippen molar-refractivity contribution in [1.29, 1.82) is 0 Å². The third kappa shape index (κ3) is 5.72. The largest absolute Gasteiger partial charge is 0.478 e. The van der Waals surface area contributed by atoms with E-state index in [4.69, 9.17) is 14.6 Å². The third-order valence-electron chi connectivity index (χ3n) is 2.62. The van der Waals surface area contributed by atoms with E-state index >= 15 is 0 Å². The monoisotopic (exact) mass is 267 g/mol. The molecule has 0 saturated carbocycles. The average molecular weight is 267 g/mol. The summed E-state index contributed by atoms with van der Waals surface area (Å²) in [5, 5.41) is 12.2. The molecule has 0 radical (unpaired) electrons. The van der Waals surface area contributed by atoms with Gasteiger partial charge in [0, 0.05) is 25.9 Å². The lowest BCUT2D eigenvalue weighted by Crippen LogP contribution is -2.11. The van der Waals surface area contributed by atoms with Crippen LogP contribution in [0.25, 0.3) is 0 Å². The molecule has 0 bridgehead atoms. The third-order valence-corrected chi connectivity index (χ3v) is 2.62. The first kappa shape index (κ1) is 15.5. The van der Waals surface area contributed by atoms with Gasteiger partial charge in [-0.1, -0.05) is 11.6 Å². The summed E-state index contributed by atoms with van der Waals surface area (Å²) in [6.07, 6.45) is 0.816. The van der Waals surface area contributed by atoms with Gasteiger partial charge < -0.3 is 19.9 Å². The molecular formula is C14H21NO4. The maximum atomic E-state index is 11.1. The van der Waals surface area contributed by atoms with Crippen LogP contribution in [0.1, 0.15) is 22.3 Å². The number of aromatic carboxylic acids is 1. The molecule has 0 saturated heterocycles. The van der Waals surface area contributed by atoms with E-state index in [0.29, 0.717) is 37.6 Å². The summed E-state index contributed by atoms with van der Waals surface area (Å²) >= 11 is 0. The van der Waals surface area contributed by atoms with Crippen molar-refractivity contribution in [2.45, 2.75) is 13.3 Å². The van der Waals surface area contributed by atoms with Crippen molar-refractivity contribution >= 4 is 11.7 Å². The normalized spacial score (nSPS) is 10.4. The zero-order valence-electron chi connectivity index (χ0n) is 11.4. The number of aryl methyl sites for hydroxylation is 1. The Kier molecular flexibility index (Phi) is 6.92. The Bertz CT molecular complexity index is 406. The van der Waals surface area contributed by atoms with Gasteiger partial charge in [-0.2, -0.15) is 0 Å². The van der Waals surface area contributed by atoms with Crippen molar-refractivity contribution in [1.82, 2.24) is 0 Å². The van der Waals surface area contributed by atoms with Crippen molar-refractivity contribution < 1.29 is 19.4 Å². The van der Waals surface area contributed by atoms with Crippen LogP contribution in [-0.4, -0.2) is 44.6 Å². The number of hydrogen-bond acceptors (Lipinski definition) is 4. The van der Waals surface area contributed by atoms with Crippen molar-refractivity contribution in [3.8, 4) is 0 Å². The summed E-state index contributed by atoms with van der Waals surface area (Å²) in [6.45, 7) is 4.36. The molecule has 0 amide bonds. The molecule has 0 atom stereocenters. The number of anilines is 1. The summed E-state index contributed by atoms with van der Waals surface area (Å²) in [4.78, 5) is 11.1. The van der Waals surface area contributed by atoms with Gasteiger partial charge in [0.1, 0.15) is 0 Å². The number of methoxy groups -OCH3 is 1. The van der Waals surface area contributed by atoms with Gasteiger partial charge in [-0.3, -0.25) is 0 Å². The van der Waals surface area contributed by atoms with Gasteiger partial charge in [0.25, 0.3) is 0 Å². The first-order valence-electron chi connectivity index (χ1n) is 6.29. The van der Waals surface area contributed by atoms with Gasteiger partial charge in [0.05, 0.1) is 18.8 Å². The fourth-order valence-electron chi connectivity index (χ4n) is 1.63. The average Bonchev–Trinajstić information content (AvgIpc) is 2.39. The molecule has 0 aliphatic heterocycles. The fourth-order valence-corrected chi connectivity index (χ4v) is 1.63. The van der Waals surface area contributed by atoms with Gasteiger partial charge in [-0.05, 0) is 25.5 Å². The number of nitrogens with one attached hydrogen (secondary N) is 1. The van der Waals surface area contributed by atoms with Crippen LogP contribution in [0.3, 0.4) is 0 Å². The second-order valence-electron chi connectivity index (χ2n) is 4.24. The van der Waals surface area contributed by atoms with Gasteiger partial charge in [-0.15, -0.1) is 0 Å². The molecular weight excluding hydrogens is 246 g/mol. The standard InChI is InChI=1S/C14H21NO4/c1-11-4-5-13(12(10-11)14(16)17)15-6-3-7-19-9-8-18-2/h4-5,10,15H,3,6-9H2,1-2H3,(H,16,17). The molecule has 2 N–H and O–H groups in total. The number of ether oxygens (including phenoxy) is 2. The SMILES string of the molecule is COCCOCCCNc1ccc(C)cc1C(=O)O. The van der Waals surface area contributed by atoms with Gasteiger partial charge >= 0.3 is 5.97 Å². The number of carboxylic acids is 1. The first-order valence-corrected chi connectivity index (χ1v) is 6.29. The van der Waals surface area contributed by atoms with Crippen LogP contribution in [-0.2, 0) is 9.47 Å². The number of carbonyl (C=O) groups is 1. The Balaban J connectivity index is 2.35. The summed E-state index contributed by atoms with van der Waals surface area (Å²) in [7, 11) is 1.63. The second kappa shape index (κ2) is 8.50. The minimum Gasteiger partial charge on any atom is -0.478 e. The zero-order valence-corrected chi connectivity index (χ0v) is 11.4. The van der Waals surface area contributed by atoms with Crippen LogP contribution in [0, 0.1) is 6.92 Å². The summed E-state index contributed by atoms with van der Waals surface area (Å²) in [5.41, 5.74) is 1.89.